The van der Waals surface area contributed by atoms with E-state index in [-0.39, 0.29) is 35.5 Å². The van der Waals surface area contributed by atoms with E-state index in [9.17, 15) is 22.4 Å². The zero-order valence-electron chi connectivity index (χ0n) is 19.0. The first-order chi connectivity index (χ1) is 15.6. The molecule has 1 fully saturated rings. The van der Waals surface area contributed by atoms with E-state index in [1.54, 1.807) is 36.1 Å². The SMILES string of the molecule is Cc1ccc(NC(=O)CN2CCN(C(=O)Cc3ccc(F)cc3)CC2)cc1S(=O)(=O)N(C)C. The third kappa shape index (κ3) is 6.37. The number of nitrogens with one attached hydrogen (secondary N) is 1. The number of carbonyl (C=O) groups is 2. The van der Waals surface area contributed by atoms with Crippen molar-refractivity contribution in [3.8, 4) is 0 Å². The van der Waals surface area contributed by atoms with Gasteiger partial charge in [0.1, 0.15) is 5.82 Å². The van der Waals surface area contributed by atoms with Crippen LogP contribution in [0.4, 0.5) is 10.1 Å². The van der Waals surface area contributed by atoms with Crippen LogP contribution in [-0.2, 0) is 26.0 Å². The molecule has 1 saturated heterocycles. The average Bonchev–Trinajstić information content (AvgIpc) is 2.77. The van der Waals surface area contributed by atoms with Crippen LogP contribution in [0.15, 0.2) is 47.4 Å². The molecule has 10 heteroatoms. The van der Waals surface area contributed by atoms with Crippen LogP contribution in [0.5, 0.6) is 0 Å². The van der Waals surface area contributed by atoms with E-state index >= 15 is 0 Å². The second kappa shape index (κ2) is 10.4. The van der Waals surface area contributed by atoms with E-state index in [1.807, 2.05) is 4.90 Å². The Morgan fingerprint density at radius 3 is 2.27 bits per heavy atom. The summed E-state index contributed by atoms with van der Waals surface area (Å²) in [5.74, 6) is -0.614. The number of carbonyl (C=O) groups excluding carboxylic acids is 2. The van der Waals surface area contributed by atoms with Crippen LogP contribution in [0.3, 0.4) is 0 Å². The molecule has 178 valence electrons. The van der Waals surface area contributed by atoms with Gasteiger partial charge in [0.15, 0.2) is 0 Å². The molecule has 0 bridgehead atoms. The van der Waals surface area contributed by atoms with Crippen LogP contribution in [0.2, 0.25) is 0 Å². The minimum atomic E-state index is -3.62. The molecule has 2 amide bonds. The number of hydrogen-bond acceptors (Lipinski definition) is 5. The number of amides is 2. The minimum Gasteiger partial charge on any atom is -0.340 e. The Hall–Kier alpha value is -2.82. The molecule has 1 heterocycles. The number of halogens is 1. The number of anilines is 1. The van der Waals surface area contributed by atoms with Crippen LogP contribution in [-0.4, -0.2) is 81.2 Å². The third-order valence-electron chi connectivity index (χ3n) is 5.59. The average molecular weight is 477 g/mol. The molecule has 2 aromatic carbocycles. The third-order valence-corrected chi connectivity index (χ3v) is 7.55. The summed E-state index contributed by atoms with van der Waals surface area (Å²) >= 11 is 0. The first-order valence-electron chi connectivity index (χ1n) is 10.6. The van der Waals surface area contributed by atoms with Crippen molar-refractivity contribution in [2.75, 3.05) is 52.1 Å². The van der Waals surface area contributed by atoms with E-state index in [4.69, 9.17) is 0 Å². The van der Waals surface area contributed by atoms with Crippen molar-refractivity contribution in [2.45, 2.75) is 18.2 Å². The Balaban J connectivity index is 1.51. The fourth-order valence-electron chi connectivity index (χ4n) is 3.60. The van der Waals surface area contributed by atoms with Crippen LogP contribution < -0.4 is 5.32 Å². The van der Waals surface area contributed by atoms with Gasteiger partial charge in [-0.2, -0.15) is 0 Å². The maximum Gasteiger partial charge on any atom is 0.242 e. The lowest BCUT2D eigenvalue weighted by Crippen LogP contribution is -2.50. The lowest BCUT2D eigenvalue weighted by atomic mass is 10.1. The number of aryl methyl sites for hydroxylation is 1. The van der Waals surface area contributed by atoms with Crippen molar-refractivity contribution < 1.29 is 22.4 Å². The van der Waals surface area contributed by atoms with Gasteiger partial charge in [-0.3, -0.25) is 14.5 Å². The van der Waals surface area contributed by atoms with Crippen LogP contribution >= 0.6 is 0 Å². The molecule has 0 atom stereocenters. The first-order valence-corrected chi connectivity index (χ1v) is 12.1. The largest absolute Gasteiger partial charge is 0.340 e. The number of piperazine rings is 1. The molecule has 33 heavy (non-hydrogen) atoms. The molecule has 1 aliphatic heterocycles. The van der Waals surface area contributed by atoms with E-state index in [1.165, 1.54) is 32.3 Å². The van der Waals surface area contributed by atoms with Crippen molar-refractivity contribution in [1.29, 1.82) is 0 Å². The van der Waals surface area contributed by atoms with Gasteiger partial charge in [0.25, 0.3) is 0 Å². The normalized spacial score (nSPS) is 15.0. The summed E-state index contributed by atoms with van der Waals surface area (Å²) < 4.78 is 39.1. The monoisotopic (exact) mass is 476 g/mol. The topological polar surface area (TPSA) is 90.0 Å². The molecule has 0 radical (unpaired) electrons. The second-order valence-electron chi connectivity index (χ2n) is 8.28. The summed E-state index contributed by atoms with van der Waals surface area (Å²) in [6, 6.07) is 10.7. The van der Waals surface area contributed by atoms with Crippen LogP contribution in [0.1, 0.15) is 11.1 Å². The number of sulfonamides is 1. The van der Waals surface area contributed by atoms with Gasteiger partial charge in [-0.15, -0.1) is 0 Å². The molecule has 0 unspecified atom stereocenters. The van der Waals surface area contributed by atoms with Crippen molar-refractivity contribution in [3.05, 3.63) is 59.4 Å². The van der Waals surface area contributed by atoms with Crippen molar-refractivity contribution in [1.82, 2.24) is 14.1 Å². The van der Waals surface area contributed by atoms with Crippen LogP contribution in [0, 0.1) is 12.7 Å². The molecule has 1 N–H and O–H groups in total. The molecule has 8 nitrogen and oxygen atoms in total. The Morgan fingerprint density at radius 2 is 1.67 bits per heavy atom. The quantitative estimate of drug-likeness (QED) is 0.657. The predicted octanol–water partition coefficient (Wildman–Crippen LogP) is 1.71. The summed E-state index contributed by atoms with van der Waals surface area (Å²) in [7, 11) is -0.692. The van der Waals surface area contributed by atoms with Crippen molar-refractivity contribution in [2.24, 2.45) is 0 Å². The van der Waals surface area contributed by atoms with Gasteiger partial charge in [-0.25, -0.2) is 17.1 Å². The Morgan fingerprint density at radius 1 is 1.03 bits per heavy atom. The van der Waals surface area contributed by atoms with Crippen LogP contribution in [0.25, 0.3) is 0 Å². The Bertz CT molecular complexity index is 1110. The highest BCUT2D eigenvalue weighted by atomic mass is 32.2. The fourth-order valence-corrected chi connectivity index (χ4v) is 4.74. The standard InChI is InChI=1S/C23H29FN4O4S/c1-17-4-9-20(15-21(17)33(31,32)26(2)3)25-22(29)16-27-10-12-28(13-11-27)23(30)14-18-5-7-19(24)8-6-18/h4-9,15H,10-14,16H2,1-3H3,(H,25,29). The Labute approximate surface area is 194 Å². The number of nitrogens with zero attached hydrogens (tertiary/aromatic N) is 3. The number of rotatable bonds is 7. The molecular formula is C23H29FN4O4S. The Kier molecular flexibility index (Phi) is 7.83. The van der Waals surface area contributed by atoms with Gasteiger partial charge >= 0.3 is 0 Å². The number of hydrogen-bond donors (Lipinski definition) is 1. The lowest BCUT2D eigenvalue weighted by Gasteiger charge is -2.34. The molecular weight excluding hydrogens is 447 g/mol. The summed E-state index contributed by atoms with van der Waals surface area (Å²) in [4.78, 5) is 28.9. The molecule has 0 saturated carbocycles. The van der Waals surface area contributed by atoms with Gasteiger partial charge in [0, 0.05) is 46.0 Å². The van der Waals surface area contributed by atoms with E-state index in [2.05, 4.69) is 5.32 Å². The zero-order chi connectivity index (χ0) is 24.2. The highest BCUT2D eigenvalue weighted by Crippen LogP contribution is 2.22. The molecule has 0 aromatic heterocycles. The molecule has 3 rings (SSSR count). The number of benzene rings is 2. The van der Waals surface area contributed by atoms with Crippen molar-refractivity contribution >= 4 is 27.5 Å². The van der Waals surface area contributed by atoms with Gasteiger partial charge < -0.3 is 10.2 Å². The van der Waals surface area contributed by atoms with E-state index in [0.29, 0.717) is 37.4 Å². The van der Waals surface area contributed by atoms with Gasteiger partial charge in [0.2, 0.25) is 21.8 Å². The maximum atomic E-state index is 13.0. The predicted molar refractivity (Wildman–Crippen MR) is 124 cm³/mol. The molecule has 1 aliphatic rings. The second-order valence-corrected chi connectivity index (χ2v) is 10.4. The van der Waals surface area contributed by atoms with Gasteiger partial charge in [0.05, 0.1) is 17.9 Å². The molecule has 0 spiro atoms. The van der Waals surface area contributed by atoms with Gasteiger partial charge in [-0.05, 0) is 42.3 Å². The van der Waals surface area contributed by atoms with E-state index < -0.39 is 10.0 Å². The molecule has 0 aliphatic carbocycles. The first kappa shape index (κ1) is 24.8. The maximum absolute atomic E-state index is 13.0. The summed E-state index contributed by atoms with van der Waals surface area (Å²) in [6.07, 6.45) is 0.215. The summed E-state index contributed by atoms with van der Waals surface area (Å²) in [5, 5.41) is 2.76. The van der Waals surface area contributed by atoms with Gasteiger partial charge in [-0.1, -0.05) is 18.2 Å². The highest BCUT2D eigenvalue weighted by molar-refractivity contribution is 7.89. The summed E-state index contributed by atoms with van der Waals surface area (Å²) in [6.45, 7) is 3.96. The minimum absolute atomic E-state index is 0.0278. The van der Waals surface area contributed by atoms with Crippen molar-refractivity contribution in [3.63, 3.8) is 0 Å². The fraction of sp³-hybridized carbons (Fsp3) is 0.391. The highest BCUT2D eigenvalue weighted by Gasteiger charge is 2.23. The lowest BCUT2D eigenvalue weighted by molar-refractivity contribution is -0.132. The molecule has 2 aromatic rings. The smallest absolute Gasteiger partial charge is 0.242 e. The summed E-state index contributed by atoms with van der Waals surface area (Å²) in [5.41, 5.74) is 1.78. The zero-order valence-corrected chi connectivity index (χ0v) is 19.9. The van der Waals surface area contributed by atoms with E-state index in [0.717, 1.165) is 9.87 Å².